The molecule has 0 unspecified atom stereocenters. The highest BCUT2D eigenvalue weighted by Crippen LogP contribution is 2.42. The summed E-state index contributed by atoms with van der Waals surface area (Å²) < 4.78 is 4.87. The van der Waals surface area contributed by atoms with E-state index in [4.69, 9.17) is 0 Å². The first-order chi connectivity index (χ1) is 30.8. The van der Waals surface area contributed by atoms with E-state index in [-0.39, 0.29) is 0 Å². The standard InChI is InChI=1S/C60H40N2/c1-4-15-41(16-5-1)42-27-29-43(30-28-42)44-31-35-49(36-32-44)61-58-38-34-48(40-54(58)60-51(23-14-26-59(60)61)46-19-8-3-9-20-46)47-33-37-57-53(39-47)52-22-11-13-25-56(52)62(57)55-24-12-10-21-50(55)45-17-6-2-7-18-45/h1-40H. The highest BCUT2D eigenvalue weighted by molar-refractivity contribution is 6.17. The van der Waals surface area contributed by atoms with Crippen LogP contribution in [0.15, 0.2) is 243 Å². The Bertz CT molecular complexity index is 3580. The minimum atomic E-state index is 1.14. The number of aromatic nitrogens is 2. The van der Waals surface area contributed by atoms with E-state index in [1.54, 1.807) is 0 Å². The molecule has 0 aliphatic heterocycles. The Balaban J connectivity index is 1.00. The summed E-state index contributed by atoms with van der Waals surface area (Å²) in [7, 11) is 0. The summed E-state index contributed by atoms with van der Waals surface area (Å²) in [6.45, 7) is 0. The Morgan fingerprint density at radius 1 is 0.226 bits per heavy atom. The number of benzene rings is 10. The molecule has 62 heavy (non-hydrogen) atoms. The average Bonchev–Trinajstić information content (AvgIpc) is 3.87. The fourth-order valence-corrected chi connectivity index (χ4v) is 9.62. The second-order valence-corrected chi connectivity index (χ2v) is 16.1. The van der Waals surface area contributed by atoms with Crippen LogP contribution in [0.5, 0.6) is 0 Å². The highest BCUT2D eigenvalue weighted by Gasteiger charge is 2.19. The van der Waals surface area contributed by atoms with E-state index in [0.29, 0.717) is 0 Å². The van der Waals surface area contributed by atoms with Crippen molar-refractivity contribution in [3.05, 3.63) is 243 Å². The third-order valence-corrected chi connectivity index (χ3v) is 12.6. The molecule has 0 aliphatic carbocycles. The second-order valence-electron chi connectivity index (χ2n) is 16.1. The number of fused-ring (bicyclic) bond motifs is 6. The van der Waals surface area contributed by atoms with Crippen molar-refractivity contribution in [1.82, 2.24) is 9.13 Å². The lowest BCUT2D eigenvalue weighted by molar-refractivity contribution is 1.18. The maximum atomic E-state index is 2.44. The zero-order valence-corrected chi connectivity index (χ0v) is 34.0. The van der Waals surface area contributed by atoms with Crippen molar-refractivity contribution in [3.8, 4) is 67.0 Å². The van der Waals surface area contributed by atoms with Gasteiger partial charge in [0.15, 0.2) is 0 Å². The summed E-state index contributed by atoms with van der Waals surface area (Å²) in [5.74, 6) is 0. The largest absolute Gasteiger partial charge is 0.309 e. The number of nitrogens with zero attached hydrogens (tertiary/aromatic N) is 2. The molecule has 12 aromatic rings. The molecule has 0 aliphatic rings. The van der Waals surface area contributed by atoms with Gasteiger partial charge in [-0.3, -0.25) is 0 Å². The van der Waals surface area contributed by atoms with Crippen LogP contribution in [-0.4, -0.2) is 9.13 Å². The van der Waals surface area contributed by atoms with E-state index in [0.717, 1.165) is 5.69 Å². The third-order valence-electron chi connectivity index (χ3n) is 12.6. The molecular weight excluding hydrogens is 749 g/mol. The lowest BCUT2D eigenvalue weighted by Crippen LogP contribution is -1.97. The Hall–Kier alpha value is -8.20. The summed E-state index contributed by atoms with van der Waals surface area (Å²) in [6.07, 6.45) is 0. The van der Waals surface area contributed by atoms with Crippen molar-refractivity contribution < 1.29 is 0 Å². The second kappa shape index (κ2) is 14.8. The van der Waals surface area contributed by atoms with E-state index < -0.39 is 0 Å². The maximum absolute atomic E-state index is 2.44. The molecule has 0 atom stereocenters. The lowest BCUT2D eigenvalue weighted by Gasteiger charge is -2.14. The van der Waals surface area contributed by atoms with Gasteiger partial charge in [-0.05, 0) is 105 Å². The van der Waals surface area contributed by atoms with Crippen LogP contribution in [0.2, 0.25) is 0 Å². The molecule has 2 heteroatoms. The zero-order valence-electron chi connectivity index (χ0n) is 34.0. The summed E-state index contributed by atoms with van der Waals surface area (Å²) in [4.78, 5) is 0. The molecule has 0 fully saturated rings. The van der Waals surface area contributed by atoms with Crippen LogP contribution in [0.3, 0.4) is 0 Å². The number of rotatable bonds is 7. The minimum Gasteiger partial charge on any atom is -0.309 e. The average molecular weight is 789 g/mol. The molecule has 0 N–H and O–H groups in total. The predicted octanol–water partition coefficient (Wildman–Crippen LogP) is 16.2. The fourth-order valence-electron chi connectivity index (χ4n) is 9.62. The van der Waals surface area contributed by atoms with Gasteiger partial charge in [-0.1, -0.05) is 188 Å². The van der Waals surface area contributed by atoms with Crippen molar-refractivity contribution >= 4 is 43.6 Å². The third kappa shape index (κ3) is 5.96. The first kappa shape index (κ1) is 35.7. The highest BCUT2D eigenvalue weighted by atomic mass is 15.0. The van der Waals surface area contributed by atoms with Gasteiger partial charge in [-0.2, -0.15) is 0 Å². The van der Waals surface area contributed by atoms with Crippen LogP contribution >= 0.6 is 0 Å². The van der Waals surface area contributed by atoms with Gasteiger partial charge in [0.2, 0.25) is 0 Å². The fraction of sp³-hybridized carbons (Fsp3) is 0. The number of para-hydroxylation sites is 2. The summed E-state index contributed by atoms with van der Waals surface area (Å²) in [6, 6.07) is 88.3. The van der Waals surface area contributed by atoms with Crippen molar-refractivity contribution in [3.63, 3.8) is 0 Å². The van der Waals surface area contributed by atoms with E-state index in [1.165, 1.54) is 105 Å². The van der Waals surface area contributed by atoms with Crippen molar-refractivity contribution in [1.29, 1.82) is 0 Å². The van der Waals surface area contributed by atoms with Gasteiger partial charge in [0.1, 0.15) is 0 Å². The normalized spacial score (nSPS) is 11.5. The molecule has 0 saturated heterocycles. The smallest absolute Gasteiger partial charge is 0.0547 e. The molecule has 2 heterocycles. The quantitative estimate of drug-likeness (QED) is 0.152. The monoisotopic (exact) mass is 788 g/mol. The summed E-state index contributed by atoms with van der Waals surface area (Å²) in [5, 5.41) is 4.97. The molecule has 2 aromatic heterocycles. The van der Waals surface area contributed by atoms with Crippen LogP contribution in [-0.2, 0) is 0 Å². The maximum Gasteiger partial charge on any atom is 0.0547 e. The van der Waals surface area contributed by atoms with Crippen LogP contribution in [0.1, 0.15) is 0 Å². The van der Waals surface area contributed by atoms with Crippen molar-refractivity contribution in [2.75, 3.05) is 0 Å². The molecule has 290 valence electrons. The van der Waals surface area contributed by atoms with Crippen LogP contribution < -0.4 is 0 Å². The van der Waals surface area contributed by atoms with E-state index in [1.807, 2.05) is 0 Å². The van der Waals surface area contributed by atoms with Crippen LogP contribution in [0.4, 0.5) is 0 Å². The Labute approximate surface area is 360 Å². The van der Waals surface area contributed by atoms with Gasteiger partial charge in [-0.15, -0.1) is 0 Å². The van der Waals surface area contributed by atoms with Crippen molar-refractivity contribution in [2.24, 2.45) is 0 Å². The van der Waals surface area contributed by atoms with Crippen LogP contribution in [0, 0.1) is 0 Å². The number of hydrogen-bond donors (Lipinski definition) is 0. The van der Waals surface area contributed by atoms with E-state index in [2.05, 4.69) is 252 Å². The summed E-state index contributed by atoms with van der Waals surface area (Å²) >= 11 is 0. The molecule has 0 amide bonds. The number of hydrogen-bond acceptors (Lipinski definition) is 0. The molecule has 0 bridgehead atoms. The predicted molar refractivity (Wildman–Crippen MR) is 262 cm³/mol. The van der Waals surface area contributed by atoms with Gasteiger partial charge in [0.05, 0.1) is 27.8 Å². The van der Waals surface area contributed by atoms with Crippen LogP contribution in [0.25, 0.3) is 111 Å². The Morgan fingerprint density at radius 2 is 0.661 bits per heavy atom. The summed E-state index contributed by atoms with van der Waals surface area (Å²) in [5.41, 5.74) is 19.2. The van der Waals surface area contributed by atoms with Gasteiger partial charge in [0.25, 0.3) is 0 Å². The Morgan fingerprint density at radius 3 is 1.32 bits per heavy atom. The minimum absolute atomic E-state index is 1.14. The molecule has 0 saturated carbocycles. The van der Waals surface area contributed by atoms with Gasteiger partial charge in [0, 0.05) is 32.8 Å². The van der Waals surface area contributed by atoms with Crippen molar-refractivity contribution in [2.45, 2.75) is 0 Å². The first-order valence-corrected chi connectivity index (χ1v) is 21.3. The molecule has 2 nitrogen and oxygen atoms in total. The van der Waals surface area contributed by atoms with Gasteiger partial charge in [-0.25, -0.2) is 0 Å². The zero-order chi connectivity index (χ0) is 41.0. The molecular formula is C60H40N2. The van der Waals surface area contributed by atoms with Gasteiger partial charge < -0.3 is 9.13 Å². The first-order valence-electron chi connectivity index (χ1n) is 21.3. The lowest BCUT2D eigenvalue weighted by atomic mass is 9.97. The SMILES string of the molecule is c1ccc(-c2ccc(-c3ccc(-n4c5ccc(-c6ccc7c(c6)c6ccccc6n7-c6ccccc6-c6ccccc6)cc5c5c(-c6ccccc6)cccc54)cc3)cc2)cc1. The van der Waals surface area contributed by atoms with Gasteiger partial charge >= 0.3 is 0 Å². The van der Waals surface area contributed by atoms with E-state index in [9.17, 15) is 0 Å². The molecule has 0 radical (unpaired) electrons. The topological polar surface area (TPSA) is 9.86 Å². The van der Waals surface area contributed by atoms with E-state index >= 15 is 0 Å². The molecule has 10 aromatic carbocycles. The molecule has 0 spiro atoms. The molecule has 12 rings (SSSR count). The Kier molecular flexibility index (Phi) is 8.53.